The van der Waals surface area contributed by atoms with Gasteiger partial charge in [0, 0.05) is 18.1 Å². The summed E-state index contributed by atoms with van der Waals surface area (Å²) in [6.45, 7) is 4.65. The number of benzene rings is 1. The van der Waals surface area contributed by atoms with Gasteiger partial charge >= 0.3 is 0 Å². The molecule has 124 valence electrons. The number of carbonyl (C=O) groups is 1. The predicted octanol–water partition coefficient (Wildman–Crippen LogP) is 2.26. The molecule has 0 atom stereocenters. The Hall–Kier alpha value is -1.11. The van der Waals surface area contributed by atoms with Crippen LogP contribution in [0.25, 0.3) is 0 Å². The lowest BCUT2D eigenvalue weighted by atomic mass is 10.1. The van der Waals surface area contributed by atoms with Crippen LogP contribution in [0.3, 0.4) is 0 Å². The number of hydrogen-bond donors (Lipinski definition) is 1. The smallest absolute Gasteiger partial charge is 0.235 e. The van der Waals surface area contributed by atoms with Gasteiger partial charge in [0.15, 0.2) is 0 Å². The summed E-state index contributed by atoms with van der Waals surface area (Å²) >= 11 is 5.81. The molecule has 0 aromatic heterocycles. The lowest BCUT2D eigenvalue weighted by Crippen LogP contribution is -2.40. The van der Waals surface area contributed by atoms with Gasteiger partial charge in [-0.2, -0.15) is 4.31 Å². The number of sulfonamides is 1. The molecule has 1 aromatic rings. The number of rotatable bonds is 8. The van der Waals surface area contributed by atoms with Crippen molar-refractivity contribution in [2.45, 2.75) is 26.8 Å². The zero-order chi connectivity index (χ0) is 16.8. The third kappa shape index (κ3) is 7.24. The van der Waals surface area contributed by atoms with Crippen molar-refractivity contribution in [3.05, 3.63) is 34.9 Å². The molecule has 22 heavy (non-hydrogen) atoms. The van der Waals surface area contributed by atoms with Gasteiger partial charge in [-0.05, 0) is 30.0 Å². The second kappa shape index (κ2) is 8.50. The molecular formula is C15H23ClN2O3S. The molecule has 1 amide bonds. The molecular weight excluding hydrogens is 324 g/mol. The Balaban J connectivity index is 2.65. The average molecular weight is 347 g/mol. The fraction of sp³-hybridized carbons (Fsp3) is 0.533. The monoisotopic (exact) mass is 346 g/mol. The van der Waals surface area contributed by atoms with Crippen LogP contribution in [0.2, 0.25) is 5.02 Å². The first-order valence-electron chi connectivity index (χ1n) is 7.14. The van der Waals surface area contributed by atoms with Gasteiger partial charge in [-0.15, -0.1) is 0 Å². The molecule has 0 heterocycles. The zero-order valence-corrected chi connectivity index (χ0v) is 14.7. The Morgan fingerprint density at radius 2 is 1.86 bits per heavy atom. The summed E-state index contributed by atoms with van der Waals surface area (Å²) in [6.07, 6.45) is 1.96. The second-order valence-corrected chi connectivity index (χ2v) is 8.11. The maximum absolute atomic E-state index is 11.9. The summed E-state index contributed by atoms with van der Waals surface area (Å²) in [5.41, 5.74) is 0.782. The number of hydrogen-bond acceptors (Lipinski definition) is 3. The van der Waals surface area contributed by atoms with Crippen LogP contribution in [0.15, 0.2) is 24.3 Å². The van der Waals surface area contributed by atoms with Crippen LogP contribution < -0.4 is 5.32 Å². The van der Waals surface area contributed by atoms with Gasteiger partial charge in [0.05, 0.1) is 12.8 Å². The molecule has 1 rings (SSSR count). The molecule has 0 spiro atoms. The molecule has 0 aliphatic carbocycles. The Morgan fingerprint density at radius 1 is 1.27 bits per heavy atom. The van der Waals surface area contributed by atoms with Crippen molar-refractivity contribution < 1.29 is 13.2 Å². The molecule has 0 aliphatic rings. The molecule has 0 radical (unpaired) electrons. The van der Waals surface area contributed by atoms with Crippen LogP contribution in [0.1, 0.15) is 25.8 Å². The summed E-state index contributed by atoms with van der Waals surface area (Å²) < 4.78 is 24.8. The van der Waals surface area contributed by atoms with E-state index in [1.165, 1.54) is 0 Å². The quantitative estimate of drug-likeness (QED) is 0.785. The number of nitrogens with zero attached hydrogens (tertiary/aromatic N) is 1. The molecule has 1 N–H and O–H groups in total. The minimum absolute atomic E-state index is 0.146. The van der Waals surface area contributed by atoms with Crippen molar-refractivity contribution in [2.24, 2.45) is 5.92 Å². The highest BCUT2D eigenvalue weighted by molar-refractivity contribution is 7.88. The van der Waals surface area contributed by atoms with E-state index in [1.54, 1.807) is 24.3 Å². The van der Waals surface area contributed by atoms with Gasteiger partial charge in [-0.1, -0.05) is 37.6 Å². The van der Waals surface area contributed by atoms with E-state index in [-0.39, 0.29) is 19.0 Å². The molecule has 0 saturated carbocycles. The summed E-state index contributed by atoms with van der Waals surface area (Å²) in [5.74, 6) is 0.195. The lowest BCUT2D eigenvalue weighted by molar-refractivity contribution is -0.121. The third-order valence-electron chi connectivity index (χ3n) is 3.11. The first-order chi connectivity index (χ1) is 10.2. The number of carbonyl (C=O) groups excluding carboxylic acids is 1. The molecule has 1 aromatic carbocycles. The highest BCUT2D eigenvalue weighted by Crippen LogP contribution is 2.13. The average Bonchev–Trinajstić information content (AvgIpc) is 2.39. The van der Waals surface area contributed by atoms with E-state index in [0.717, 1.165) is 22.5 Å². The molecule has 5 nitrogen and oxygen atoms in total. The van der Waals surface area contributed by atoms with E-state index < -0.39 is 10.0 Å². The number of amides is 1. The topological polar surface area (TPSA) is 66.5 Å². The SMILES string of the molecule is CC(C)CCNC(=O)CN(Cc1ccc(Cl)cc1)S(C)(=O)=O. The van der Waals surface area contributed by atoms with Gasteiger partial charge in [0.2, 0.25) is 15.9 Å². The highest BCUT2D eigenvalue weighted by atomic mass is 35.5. The van der Waals surface area contributed by atoms with E-state index in [2.05, 4.69) is 19.2 Å². The molecule has 0 unspecified atom stereocenters. The summed E-state index contributed by atoms with van der Waals surface area (Å²) in [4.78, 5) is 11.9. The second-order valence-electron chi connectivity index (χ2n) is 5.69. The minimum atomic E-state index is -3.47. The fourth-order valence-corrected chi connectivity index (χ4v) is 2.66. The predicted molar refractivity (Wildman–Crippen MR) is 89.2 cm³/mol. The van der Waals surface area contributed by atoms with Crippen LogP contribution >= 0.6 is 11.6 Å². The maximum atomic E-state index is 11.9. The molecule has 0 aliphatic heterocycles. The first-order valence-corrected chi connectivity index (χ1v) is 9.37. The maximum Gasteiger partial charge on any atom is 0.235 e. The zero-order valence-electron chi connectivity index (χ0n) is 13.2. The molecule has 0 fully saturated rings. The van der Waals surface area contributed by atoms with Crippen molar-refractivity contribution in [1.82, 2.24) is 9.62 Å². The van der Waals surface area contributed by atoms with Crippen LogP contribution in [-0.4, -0.2) is 38.0 Å². The Labute approximate surface area is 137 Å². The summed E-state index contributed by atoms with van der Waals surface area (Å²) in [6, 6.07) is 6.88. The third-order valence-corrected chi connectivity index (χ3v) is 4.55. The van der Waals surface area contributed by atoms with Crippen LogP contribution in [0, 0.1) is 5.92 Å². The first kappa shape index (κ1) is 18.9. The number of halogens is 1. The fourth-order valence-electron chi connectivity index (χ4n) is 1.80. The number of nitrogens with one attached hydrogen (secondary N) is 1. The molecule has 0 saturated heterocycles. The van der Waals surface area contributed by atoms with Gasteiger partial charge in [-0.3, -0.25) is 4.79 Å². The summed E-state index contributed by atoms with van der Waals surface area (Å²) in [7, 11) is -3.47. The van der Waals surface area contributed by atoms with Gasteiger partial charge in [0.25, 0.3) is 0 Å². The van der Waals surface area contributed by atoms with E-state index in [0.29, 0.717) is 17.5 Å². The van der Waals surface area contributed by atoms with E-state index in [1.807, 2.05) is 0 Å². The van der Waals surface area contributed by atoms with Crippen LogP contribution in [-0.2, 0) is 21.4 Å². The molecule has 0 bridgehead atoms. The Bertz CT molecular complexity index is 585. The van der Waals surface area contributed by atoms with Crippen LogP contribution in [0.4, 0.5) is 0 Å². The van der Waals surface area contributed by atoms with Gasteiger partial charge in [-0.25, -0.2) is 8.42 Å². The van der Waals surface area contributed by atoms with Crippen molar-refractivity contribution in [3.8, 4) is 0 Å². The van der Waals surface area contributed by atoms with Crippen molar-refractivity contribution in [3.63, 3.8) is 0 Å². The van der Waals surface area contributed by atoms with Gasteiger partial charge in [0.1, 0.15) is 0 Å². The Kier molecular flexibility index (Phi) is 7.32. The van der Waals surface area contributed by atoms with Gasteiger partial charge < -0.3 is 5.32 Å². The van der Waals surface area contributed by atoms with Crippen molar-refractivity contribution in [2.75, 3.05) is 19.3 Å². The summed E-state index contributed by atoms with van der Waals surface area (Å²) in [5, 5.41) is 3.33. The standard InChI is InChI=1S/C15H23ClN2O3S/c1-12(2)8-9-17-15(19)11-18(22(3,20)21)10-13-4-6-14(16)7-5-13/h4-7,12H,8-11H2,1-3H3,(H,17,19). The van der Waals surface area contributed by atoms with E-state index in [9.17, 15) is 13.2 Å². The van der Waals surface area contributed by atoms with Crippen molar-refractivity contribution >= 4 is 27.5 Å². The normalized spacial score (nSPS) is 11.9. The van der Waals surface area contributed by atoms with Crippen LogP contribution in [0.5, 0.6) is 0 Å². The molecule has 7 heteroatoms. The largest absolute Gasteiger partial charge is 0.355 e. The van der Waals surface area contributed by atoms with Crippen molar-refractivity contribution in [1.29, 1.82) is 0 Å². The minimum Gasteiger partial charge on any atom is -0.355 e. The lowest BCUT2D eigenvalue weighted by Gasteiger charge is -2.19. The Morgan fingerprint density at radius 3 is 2.36 bits per heavy atom. The van der Waals surface area contributed by atoms with E-state index in [4.69, 9.17) is 11.6 Å². The highest BCUT2D eigenvalue weighted by Gasteiger charge is 2.20. The van der Waals surface area contributed by atoms with E-state index >= 15 is 0 Å².